The van der Waals surface area contributed by atoms with E-state index in [1.165, 1.54) is 12.1 Å². The number of anilines is 1. The Morgan fingerprint density at radius 1 is 1.33 bits per heavy atom. The maximum Gasteiger partial charge on any atom is 0.175 e. The predicted molar refractivity (Wildman–Crippen MR) is 69.0 cm³/mol. The van der Waals surface area contributed by atoms with Gasteiger partial charge in [-0.15, -0.1) is 0 Å². The lowest BCUT2D eigenvalue weighted by atomic mass is 10.1. The highest BCUT2D eigenvalue weighted by molar-refractivity contribution is 7.90. The molecule has 0 unspecified atom stereocenters. The Morgan fingerprint density at radius 2 is 2.00 bits per heavy atom. The average molecular weight is 272 g/mol. The zero-order chi connectivity index (χ0) is 13.2. The highest BCUT2D eigenvalue weighted by Gasteiger charge is 2.16. The van der Waals surface area contributed by atoms with Crippen molar-refractivity contribution in [1.29, 1.82) is 0 Å². The Kier molecular flexibility index (Phi) is 3.87. The van der Waals surface area contributed by atoms with Gasteiger partial charge in [0.1, 0.15) is 5.82 Å². The summed E-state index contributed by atoms with van der Waals surface area (Å²) >= 11 is 0. The quantitative estimate of drug-likeness (QED) is 0.873. The summed E-state index contributed by atoms with van der Waals surface area (Å²) in [6.07, 6.45) is 2.95. The first-order valence-electron chi connectivity index (χ1n) is 5.94. The lowest BCUT2D eigenvalue weighted by molar-refractivity contribution is 0.476. The van der Waals surface area contributed by atoms with E-state index in [1.807, 2.05) is 0 Å². The number of halogens is 1. The van der Waals surface area contributed by atoms with Gasteiger partial charge in [0.15, 0.2) is 9.84 Å². The molecule has 2 rings (SSSR count). The zero-order valence-electron chi connectivity index (χ0n) is 10.2. The van der Waals surface area contributed by atoms with Crippen molar-refractivity contribution in [3.63, 3.8) is 0 Å². The fraction of sp³-hybridized carbons (Fsp3) is 0.500. The summed E-state index contributed by atoms with van der Waals surface area (Å²) in [7, 11) is -3.35. The Balaban J connectivity index is 2.14. The van der Waals surface area contributed by atoms with E-state index in [0.717, 1.165) is 38.3 Å². The molecule has 0 aliphatic carbocycles. The smallest absolute Gasteiger partial charge is 0.175 e. The lowest BCUT2D eigenvalue weighted by Gasteiger charge is -2.24. The van der Waals surface area contributed by atoms with E-state index in [-0.39, 0.29) is 10.9 Å². The molecule has 0 amide bonds. The number of rotatable bonds is 3. The van der Waals surface area contributed by atoms with E-state index < -0.39 is 15.7 Å². The summed E-state index contributed by atoms with van der Waals surface area (Å²) in [4.78, 5) is 0.0101. The number of piperidine rings is 1. The minimum Gasteiger partial charge on any atom is -0.380 e. The number of hydrogen-bond acceptors (Lipinski definition) is 4. The van der Waals surface area contributed by atoms with Gasteiger partial charge in [-0.05, 0) is 44.1 Å². The maximum atomic E-state index is 13.8. The molecule has 0 atom stereocenters. The first kappa shape index (κ1) is 13.3. The van der Waals surface area contributed by atoms with Crippen molar-refractivity contribution >= 4 is 15.5 Å². The van der Waals surface area contributed by atoms with Gasteiger partial charge < -0.3 is 10.6 Å². The van der Waals surface area contributed by atoms with E-state index >= 15 is 0 Å². The third kappa shape index (κ3) is 3.20. The summed E-state index contributed by atoms with van der Waals surface area (Å²) in [5.41, 5.74) is 0.370. The SMILES string of the molecule is CS(=O)(=O)c1ccc(NC2CCNCC2)c(F)c1. The molecule has 0 radical (unpaired) electrons. The molecule has 4 nitrogen and oxygen atoms in total. The standard InChI is InChI=1S/C12H17FN2O2S/c1-18(16,17)10-2-3-12(11(13)8-10)15-9-4-6-14-7-5-9/h2-3,8-9,14-15H,4-7H2,1H3. The fourth-order valence-corrected chi connectivity index (χ4v) is 2.66. The highest BCUT2D eigenvalue weighted by Crippen LogP contribution is 2.21. The van der Waals surface area contributed by atoms with Gasteiger partial charge in [0.25, 0.3) is 0 Å². The molecule has 18 heavy (non-hydrogen) atoms. The maximum absolute atomic E-state index is 13.8. The van der Waals surface area contributed by atoms with Crippen LogP contribution in [0.2, 0.25) is 0 Å². The van der Waals surface area contributed by atoms with E-state index in [2.05, 4.69) is 10.6 Å². The third-order valence-corrected chi connectivity index (χ3v) is 4.18. The van der Waals surface area contributed by atoms with Crippen LogP contribution < -0.4 is 10.6 Å². The van der Waals surface area contributed by atoms with Gasteiger partial charge in [0, 0.05) is 12.3 Å². The first-order valence-corrected chi connectivity index (χ1v) is 7.83. The van der Waals surface area contributed by atoms with Crippen LogP contribution in [-0.2, 0) is 9.84 Å². The van der Waals surface area contributed by atoms with Crippen molar-refractivity contribution < 1.29 is 12.8 Å². The van der Waals surface area contributed by atoms with Crippen LogP contribution in [0.15, 0.2) is 23.1 Å². The van der Waals surface area contributed by atoms with Gasteiger partial charge in [-0.1, -0.05) is 0 Å². The Hall–Kier alpha value is -1.14. The summed E-state index contributed by atoms with van der Waals surface area (Å²) in [5.74, 6) is -0.517. The second-order valence-corrected chi connectivity index (χ2v) is 6.60. The van der Waals surface area contributed by atoms with Crippen molar-refractivity contribution in [2.75, 3.05) is 24.7 Å². The molecule has 6 heteroatoms. The molecule has 1 fully saturated rings. The lowest BCUT2D eigenvalue weighted by Crippen LogP contribution is -2.35. The molecule has 0 bridgehead atoms. The van der Waals surface area contributed by atoms with Crippen LogP contribution in [0.3, 0.4) is 0 Å². The normalized spacial score (nSPS) is 17.7. The van der Waals surface area contributed by atoms with Gasteiger partial charge in [0.05, 0.1) is 10.6 Å². The number of sulfone groups is 1. The molecule has 1 aromatic rings. The van der Waals surface area contributed by atoms with Crippen molar-refractivity contribution in [2.45, 2.75) is 23.8 Å². The minimum absolute atomic E-state index is 0.0101. The zero-order valence-corrected chi connectivity index (χ0v) is 11.1. The van der Waals surface area contributed by atoms with E-state index in [1.54, 1.807) is 0 Å². The molecule has 1 aliphatic rings. The fourth-order valence-electron chi connectivity index (χ4n) is 2.03. The molecule has 0 aromatic heterocycles. The molecule has 1 aromatic carbocycles. The Bertz CT molecular complexity index is 525. The topological polar surface area (TPSA) is 58.2 Å². The van der Waals surface area contributed by atoms with Gasteiger partial charge in [-0.25, -0.2) is 12.8 Å². The van der Waals surface area contributed by atoms with Crippen molar-refractivity contribution in [3.8, 4) is 0 Å². The van der Waals surface area contributed by atoms with Crippen molar-refractivity contribution in [3.05, 3.63) is 24.0 Å². The van der Waals surface area contributed by atoms with Gasteiger partial charge in [0.2, 0.25) is 0 Å². The van der Waals surface area contributed by atoms with Gasteiger partial charge >= 0.3 is 0 Å². The van der Waals surface area contributed by atoms with Crippen LogP contribution in [0.25, 0.3) is 0 Å². The third-order valence-electron chi connectivity index (χ3n) is 3.07. The summed E-state index contributed by atoms with van der Waals surface area (Å²) in [6.45, 7) is 1.83. The Labute approximate surface area is 107 Å². The van der Waals surface area contributed by atoms with Crippen LogP contribution in [0, 0.1) is 5.82 Å². The van der Waals surface area contributed by atoms with Crippen LogP contribution in [0.4, 0.5) is 10.1 Å². The minimum atomic E-state index is -3.35. The monoisotopic (exact) mass is 272 g/mol. The molecule has 100 valence electrons. The number of nitrogens with one attached hydrogen (secondary N) is 2. The van der Waals surface area contributed by atoms with Gasteiger partial charge in [-0.3, -0.25) is 0 Å². The molecule has 0 spiro atoms. The van der Waals surface area contributed by atoms with Crippen LogP contribution in [0.5, 0.6) is 0 Å². The van der Waals surface area contributed by atoms with E-state index in [4.69, 9.17) is 0 Å². The molecule has 1 heterocycles. The molecule has 1 aliphatic heterocycles. The number of hydrogen-bond donors (Lipinski definition) is 2. The summed E-state index contributed by atoms with van der Waals surface area (Å²) < 4.78 is 36.4. The van der Waals surface area contributed by atoms with E-state index in [0.29, 0.717) is 5.69 Å². The molecular weight excluding hydrogens is 255 g/mol. The highest BCUT2D eigenvalue weighted by atomic mass is 32.2. The Morgan fingerprint density at radius 3 is 2.56 bits per heavy atom. The average Bonchev–Trinajstić information content (AvgIpc) is 2.32. The molecule has 0 saturated carbocycles. The first-order chi connectivity index (χ1) is 8.47. The second-order valence-electron chi connectivity index (χ2n) is 4.58. The second kappa shape index (κ2) is 5.24. The van der Waals surface area contributed by atoms with E-state index in [9.17, 15) is 12.8 Å². The predicted octanol–water partition coefficient (Wildman–Crippen LogP) is 1.39. The summed E-state index contributed by atoms with van der Waals surface area (Å²) in [6, 6.07) is 4.23. The molecule has 2 N–H and O–H groups in total. The van der Waals surface area contributed by atoms with Gasteiger partial charge in [-0.2, -0.15) is 0 Å². The van der Waals surface area contributed by atoms with Crippen molar-refractivity contribution in [1.82, 2.24) is 5.32 Å². The van der Waals surface area contributed by atoms with Crippen molar-refractivity contribution in [2.24, 2.45) is 0 Å². The molecular formula is C12H17FN2O2S. The molecule has 1 saturated heterocycles. The summed E-state index contributed by atoms with van der Waals surface area (Å²) in [5, 5.41) is 6.35. The van der Waals surface area contributed by atoms with Crippen LogP contribution in [-0.4, -0.2) is 33.8 Å². The van der Waals surface area contributed by atoms with Crippen LogP contribution >= 0.6 is 0 Å². The number of benzene rings is 1. The largest absolute Gasteiger partial charge is 0.380 e. The van der Waals surface area contributed by atoms with Crippen LogP contribution in [0.1, 0.15) is 12.8 Å².